The molecule has 1 amide bonds. The lowest BCUT2D eigenvalue weighted by Crippen LogP contribution is -2.24. The van der Waals surface area contributed by atoms with E-state index in [1.54, 1.807) is 12.3 Å². The first-order valence-corrected chi connectivity index (χ1v) is 8.79. The van der Waals surface area contributed by atoms with Gasteiger partial charge in [-0.15, -0.1) is 0 Å². The molecule has 7 heteroatoms. The molecule has 2 aliphatic heterocycles. The van der Waals surface area contributed by atoms with Gasteiger partial charge in [0.2, 0.25) is 12.7 Å². The van der Waals surface area contributed by atoms with Crippen LogP contribution in [0.5, 0.6) is 11.5 Å². The Morgan fingerprint density at radius 2 is 2.23 bits per heavy atom. The smallest absolute Gasteiger partial charge is 0.248 e. The molecule has 1 saturated heterocycles. The van der Waals surface area contributed by atoms with Gasteiger partial charge in [0.15, 0.2) is 11.5 Å². The molecule has 0 saturated carbocycles. The van der Waals surface area contributed by atoms with Crippen molar-refractivity contribution in [2.24, 2.45) is 0 Å². The molecule has 136 valence electrons. The Labute approximate surface area is 151 Å². The number of ether oxygens (including phenoxy) is 3. The molecule has 1 aromatic carbocycles. The first-order valence-electron chi connectivity index (χ1n) is 8.79. The van der Waals surface area contributed by atoms with Crippen molar-refractivity contribution in [2.45, 2.75) is 31.9 Å². The summed E-state index contributed by atoms with van der Waals surface area (Å²) in [6.45, 7) is 1.77. The van der Waals surface area contributed by atoms with Gasteiger partial charge in [0, 0.05) is 18.9 Å². The lowest BCUT2D eigenvalue weighted by molar-refractivity contribution is -0.111. The van der Waals surface area contributed by atoms with Crippen molar-refractivity contribution in [2.75, 3.05) is 18.7 Å². The minimum atomic E-state index is -0.212. The Morgan fingerprint density at radius 3 is 3.12 bits per heavy atom. The molecule has 0 spiro atoms. The summed E-state index contributed by atoms with van der Waals surface area (Å²) < 4.78 is 18.1. The second-order valence-electron chi connectivity index (χ2n) is 6.37. The number of carbonyl (C=O) groups excluding carboxylic acids is 1. The van der Waals surface area contributed by atoms with Crippen molar-refractivity contribution in [3.63, 3.8) is 0 Å². The average molecular weight is 355 g/mol. The Hall–Kier alpha value is -2.80. The third-order valence-corrected chi connectivity index (χ3v) is 4.39. The van der Waals surface area contributed by atoms with Crippen molar-refractivity contribution in [3.8, 4) is 11.5 Å². The first-order chi connectivity index (χ1) is 12.8. The van der Waals surface area contributed by atoms with E-state index in [2.05, 4.69) is 10.4 Å². The van der Waals surface area contributed by atoms with Gasteiger partial charge in [-0.2, -0.15) is 5.10 Å². The van der Waals surface area contributed by atoms with Crippen molar-refractivity contribution >= 4 is 17.7 Å². The Balaban J connectivity index is 1.31. The minimum Gasteiger partial charge on any atom is -0.454 e. The van der Waals surface area contributed by atoms with Crippen LogP contribution in [-0.2, 0) is 16.1 Å². The molecule has 1 fully saturated rings. The lowest BCUT2D eigenvalue weighted by atomic mass is 10.1. The number of nitrogens with one attached hydrogen (secondary N) is 1. The number of benzene rings is 1. The summed E-state index contributed by atoms with van der Waals surface area (Å²) >= 11 is 0. The molecule has 1 atom stereocenters. The molecule has 1 unspecified atom stereocenters. The van der Waals surface area contributed by atoms with Crippen LogP contribution in [0.1, 0.15) is 24.8 Å². The highest BCUT2D eigenvalue weighted by Gasteiger charge is 2.15. The van der Waals surface area contributed by atoms with Crippen molar-refractivity contribution in [3.05, 3.63) is 42.2 Å². The number of fused-ring (bicyclic) bond motifs is 1. The van der Waals surface area contributed by atoms with Crippen LogP contribution in [0.3, 0.4) is 0 Å². The topological polar surface area (TPSA) is 74.6 Å². The number of hydrogen-bond donors (Lipinski definition) is 1. The highest BCUT2D eigenvalue weighted by atomic mass is 16.7. The quantitative estimate of drug-likeness (QED) is 0.835. The van der Waals surface area contributed by atoms with Crippen molar-refractivity contribution in [1.29, 1.82) is 0 Å². The molecule has 2 aliphatic rings. The number of hydrogen-bond acceptors (Lipinski definition) is 5. The van der Waals surface area contributed by atoms with Gasteiger partial charge in [0.05, 0.1) is 24.5 Å². The second-order valence-corrected chi connectivity index (χ2v) is 6.37. The van der Waals surface area contributed by atoms with Crippen LogP contribution in [0.2, 0.25) is 0 Å². The van der Waals surface area contributed by atoms with Crippen molar-refractivity contribution in [1.82, 2.24) is 9.78 Å². The maximum absolute atomic E-state index is 12.1. The molecule has 2 aromatic rings. The maximum atomic E-state index is 12.1. The summed E-state index contributed by atoms with van der Waals surface area (Å²) in [5.74, 6) is 1.20. The van der Waals surface area contributed by atoms with Gasteiger partial charge in [0.1, 0.15) is 0 Å². The molecule has 1 aromatic heterocycles. The number of anilines is 1. The SMILES string of the molecule is O=C(/C=C/c1ccc2c(c1)OCO2)Nc1cnn(CC2CCCCO2)c1. The fourth-order valence-corrected chi connectivity index (χ4v) is 3.06. The molecule has 0 aliphatic carbocycles. The van der Waals surface area contributed by atoms with E-state index in [1.807, 2.05) is 29.1 Å². The third kappa shape index (κ3) is 4.05. The molecule has 4 rings (SSSR count). The van der Waals surface area contributed by atoms with E-state index in [4.69, 9.17) is 14.2 Å². The van der Waals surface area contributed by atoms with E-state index in [-0.39, 0.29) is 18.8 Å². The van der Waals surface area contributed by atoms with E-state index >= 15 is 0 Å². The monoisotopic (exact) mass is 355 g/mol. The zero-order chi connectivity index (χ0) is 17.8. The Bertz CT molecular complexity index is 809. The Kier molecular flexibility index (Phi) is 4.88. The number of amides is 1. The highest BCUT2D eigenvalue weighted by Crippen LogP contribution is 2.32. The van der Waals surface area contributed by atoms with E-state index < -0.39 is 0 Å². The van der Waals surface area contributed by atoms with Crippen LogP contribution in [0.25, 0.3) is 6.08 Å². The standard InChI is InChI=1S/C19H21N3O4/c23-19(7-5-14-4-6-17-18(9-14)26-13-25-17)21-15-10-20-22(11-15)12-16-3-1-2-8-24-16/h4-7,9-11,16H,1-3,8,12-13H2,(H,21,23)/b7-5+. The second kappa shape index (κ2) is 7.61. The van der Waals surface area contributed by atoms with Gasteiger partial charge >= 0.3 is 0 Å². The van der Waals surface area contributed by atoms with E-state index in [0.29, 0.717) is 18.0 Å². The molecule has 26 heavy (non-hydrogen) atoms. The number of rotatable bonds is 5. The van der Waals surface area contributed by atoms with Crippen LogP contribution in [0.4, 0.5) is 5.69 Å². The molecule has 1 N–H and O–H groups in total. The minimum absolute atomic E-state index is 0.207. The van der Waals surface area contributed by atoms with Crippen molar-refractivity contribution < 1.29 is 19.0 Å². The molecule has 3 heterocycles. The summed E-state index contributed by atoms with van der Waals surface area (Å²) in [5.41, 5.74) is 1.54. The molecular weight excluding hydrogens is 334 g/mol. The van der Waals surface area contributed by atoms with E-state index in [9.17, 15) is 4.79 Å². The van der Waals surface area contributed by atoms with E-state index in [1.165, 1.54) is 12.5 Å². The summed E-state index contributed by atoms with van der Waals surface area (Å²) in [5, 5.41) is 7.10. The summed E-state index contributed by atoms with van der Waals surface area (Å²) in [6, 6.07) is 5.55. The average Bonchev–Trinajstić information content (AvgIpc) is 3.29. The summed E-state index contributed by atoms with van der Waals surface area (Å²) in [6.07, 6.45) is 10.3. The first kappa shape index (κ1) is 16.7. The van der Waals surface area contributed by atoms with Gasteiger partial charge in [-0.3, -0.25) is 9.48 Å². The van der Waals surface area contributed by atoms with Gasteiger partial charge in [-0.05, 0) is 43.0 Å². The molecule has 0 bridgehead atoms. The molecule has 0 radical (unpaired) electrons. The summed E-state index contributed by atoms with van der Waals surface area (Å²) in [4.78, 5) is 12.1. The Morgan fingerprint density at radius 1 is 1.31 bits per heavy atom. The van der Waals surface area contributed by atoms with Gasteiger partial charge < -0.3 is 19.5 Å². The van der Waals surface area contributed by atoms with Crippen LogP contribution in [-0.4, -0.2) is 35.2 Å². The predicted octanol–water partition coefficient (Wildman–Crippen LogP) is 2.83. The van der Waals surface area contributed by atoms with Crippen LogP contribution >= 0.6 is 0 Å². The normalized spacial score (nSPS) is 19.0. The van der Waals surface area contributed by atoms with Gasteiger partial charge in [-0.25, -0.2) is 0 Å². The zero-order valence-electron chi connectivity index (χ0n) is 14.4. The largest absolute Gasteiger partial charge is 0.454 e. The summed E-state index contributed by atoms with van der Waals surface area (Å²) in [7, 11) is 0. The predicted molar refractivity (Wildman–Crippen MR) is 96.0 cm³/mol. The highest BCUT2D eigenvalue weighted by molar-refractivity contribution is 6.01. The molecule has 7 nitrogen and oxygen atoms in total. The maximum Gasteiger partial charge on any atom is 0.248 e. The van der Waals surface area contributed by atoms with Gasteiger partial charge in [0.25, 0.3) is 0 Å². The van der Waals surface area contributed by atoms with Crippen LogP contribution in [0, 0.1) is 0 Å². The number of aromatic nitrogens is 2. The fraction of sp³-hybridized carbons (Fsp3) is 0.368. The lowest BCUT2D eigenvalue weighted by Gasteiger charge is -2.22. The van der Waals surface area contributed by atoms with Crippen LogP contribution < -0.4 is 14.8 Å². The zero-order valence-corrected chi connectivity index (χ0v) is 14.4. The van der Waals surface area contributed by atoms with Gasteiger partial charge in [-0.1, -0.05) is 6.07 Å². The fourth-order valence-electron chi connectivity index (χ4n) is 3.06. The number of nitrogens with zero attached hydrogens (tertiary/aromatic N) is 2. The molecular formula is C19H21N3O4. The number of carbonyl (C=O) groups is 1. The van der Waals surface area contributed by atoms with Crippen LogP contribution in [0.15, 0.2) is 36.7 Å². The van der Waals surface area contributed by atoms with E-state index in [0.717, 1.165) is 30.8 Å². The third-order valence-electron chi connectivity index (χ3n) is 4.39.